The third-order valence-electron chi connectivity index (χ3n) is 4.60. The van der Waals surface area contributed by atoms with E-state index in [0.717, 1.165) is 11.1 Å². The molecule has 0 heterocycles. The highest BCUT2D eigenvalue weighted by Gasteiger charge is 2.38. The molecule has 0 aromatic heterocycles. The Balaban J connectivity index is 1.71. The first-order valence-corrected chi connectivity index (χ1v) is 8.62. The number of ether oxygens (including phenoxy) is 1. The summed E-state index contributed by atoms with van der Waals surface area (Å²) in [6.45, 7) is 2.51. The summed E-state index contributed by atoms with van der Waals surface area (Å²) >= 11 is 0. The second kappa shape index (κ2) is 8.08. The summed E-state index contributed by atoms with van der Waals surface area (Å²) in [6, 6.07) is 19.5. The number of ketones is 1. The molecule has 130 valence electrons. The van der Waals surface area contributed by atoms with Gasteiger partial charge >= 0.3 is 0 Å². The van der Waals surface area contributed by atoms with E-state index in [1.807, 2.05) is 60.7 Å². The largest absolute Gasteiger partial charge is 0.371 e. The van der Waals surface area contributed by atoms with Gasteiger partial charge in [0.05, 0.1) is 18.8 Å². The van der Waals surface area contributed by atoms with Crippen LogP contribution in [0.5, 0.6) is 0 Å². The Labute approximate surface area is 148 Å². The highest BCUT2D eigenvalue weighted by molar-refractivity contribution is 5.84. The number of Topliss-reactive ketones (excluding diaryl/α,β-unsaturated/α-hetero) is 1. The van der Waals surface area contributed by atoms with E-state index >= 15 is 0 Å². The maximum absolute atomic E-state index is 12.2. The molecule has 0 bridgehead atoms. The van der Waals surface area contributed by atoms with Crippen molar-refractivity contribution in [3.05, 3.63) is 71.8 Å². The molecular weight excluding hydrogens is 314 g/mol. The predicted molar refractivity (Wildman–Crippen MR) is 95.7 cm³/mol. The number of hydrogen-bond donors (Lipinski definition) is 0. The van der Waals surface area contributed by atoms with E-state index in [1.165, 1.54) is 0 Å². The first-order valence-electron chi connectivity index (χ1n) is 8.62. The quantitative estimate of drug-likeness (QED) is 0.812. The van der Waals surface area contributed by atoms with Crippen molar-refractivity contribution in [3.8, 4) is 0 Å². The van der Waals surface area contributed by atoms with Gasteiger partial charge in [-0.25, -0.2) is 0 Å². The molecule has 0 N–H and O–H groups in total. The van der Waals surface area contributed by atoms with E-state index in [9.17, 15) is 9.59 Å². The van der Waals surface area contributed by atoms with Crippen LogP contribution in [-0.2, 0) is 27.5 Å². The third kappa shape index (κ3) is 4.54. The van der Waals surface area contributed by atoms with Gasteiger partial charge in [-0.05, 0) is 11.1 Å². The topological polar surface area (TPSA) is 46.6 Å². The number of benzene rings is 2. The molecule has 1 amide bonds. The normalized spacial score (nSPS) is 19.8. The zero-order chi connectivity index (χ0) is 17.6. The lowest BCUT2D eigenvalue weighted by molar-refractivity contribution is -0.135. The van der Waals surface area contributed by atoms with E-state index in [2.05, 4.69) is 0 Å². The summed E-state index contributed by atoms with van der Waals surface area (Å²) in [5.41, 5.74) is 2.12. The van der Waals surface area contributed by atoms with Gasteiger partial charge in [0.25, 0.3) is 0 Å². The van der Waals surface area contributed by atoms with E-state index in [4.69, 9.17) is 4.74 Å². The molecule has 0 spiro atoms. The monoisotopic (exact) mass is 337 g/mol. The first kappa shape index (κ1) is 17.4. The zero-order valence-corrected chi connectivity index (χ0v) is 14.4. The summed E-state index contributed by atoms with van der Waals surface area (Å²) < 4.78 is 6.03. The summed E-state index contributed by atoms with van der Waals surface area (Å²) in [4.78, 5) is 26.0. The predicted octanol–water partition coefficient (Wildman–Crippen LogP) is 3.35. The molecule has 2 atom stereocenters. The minimum atomic E-state index is -0.250. The maximum atomic E-state index is 12.2. The van der Waals surface area contributed by atoms with Crippen LogP contribution in [0.4, 0.5) is 0 Å². The third-order valence-corrected chi connectivity index (χ3v) is 4.60. The van der Waals surface area contributed by atoms with Crippen LogP contribution in [0.25, 0.3) is 0 Å². The minimum absolute atomic E-state index is 0.0307. The Kier molecular flexibility index (Phi) is 5.61. The van der Waals surface area contributed by atoms with E-state index in [-0.39, 0.29) is 23.8 Å². The van der Waals surface area contributed by atoms with E-state index in [1.54, 1.807) is 11.8 Å². The van der Waals surface area contributed by atoms with Gasteiger partial charge < -0.3 is 9.64 Å². The number of nitrogens with zero attached hydrogens (tertiary/aromatic N) is 1. The first-order chi connectivity index (χ1) is 12.1. The van der Waals surface area contributed by atoms with Gasteiger partial charge in [-0.2, -0.15) is 0 Å². The van der Waals surface area contributed by atoms with E-state index < -0.39 is 0 Å². The van der Waals surface area contributed by atoms with Crippen molar-refractivity contribution in [1.29, 1.82) is 0 Å². The van der Waals surface area contributed by atoms with Gasteiger partial charge in [0.1, 0.15) is 5.78 Å². The second-order valence-electron chi connectivity index (χ2n) is 6.48. The van der Waals surface area contributed by atoms with Crippen molar-refractivity contribution in [2.45, 2.75) is 45.1 Å². The van der Waals surface area contributed by atoms with Crippen molar-refractivity contribution < 1.29 is 14.3 Å². The molecule has 1 aliphatic rings. The molecule has 0 aliphatic heterocycles. The molecule has 4 heteroatoms. The molecule has 0 saturated heterocycles. The molecule has 25 heavy (non-hydrogen) atoms. The number of hydrogen-bond acceptors (Lipinski definition) is 3. The van der Waals surface area contributed by atoms with Crippen molar-refractivity contribution in [2.24, 2.45) is 0 Å². The van der Waals surface area contributed by atoms with Crippen LogP contribution in [-0.4, -0.2) is 28.7 Å². The van der Waals surface area contributed by atoms with Crippen LogP contribution >= 0.6 is 0 Å². The van der Waals surface area contributed by atoms with Crippen molar-refractivity contribution in [1.82, 2.24) is 4.90 Å². The average Bonchev–Trinajstić information content (AvgIpc) is 3.00. The zero-order valence-electron chi connectivity index (χ0n) is 14.4. The lowest BCUT2D eigenvalue weighted by Crippen LogP contribution is -2.43. The molecular formula is C21H23NO3. The average molecular weight is 337 g/mol. The van der Waals surface area contributed by atoms with Gasteiger partial charge in [0.15, 0.2) is 0 Å². The molecule has 1 fully saturated rings. The van der Waals surface area contributed by atoms with Crippen LogP contribution in [0.3, 0.4) is 0 Å². The Morgan fingerprint density at radius 3 is 2.20 bits per heavy atom. The molecule has 2 aromatic carbocycles. The fourth-order valence-corrected chi connectivity index (χ4v) is 3.31. The molecule has 2 unspecified atom stereocenters. The number of carbonyl (C=O) groups excluding carboxylic acids is 2. The van der Waals surface area contributed by atoms with Crippen molar-refractivity contribution in [2.75, 3.05) is 0 Å². The van der Waals surface area contributed by atoms with Crippen LogP contribution in [0.1, 0.15) is 30.9 Å². The lowest BCUT2D eigenvalue weighted by Gasteiger charge is -2.32. The Morgan fingerprint density at radius 1 is 1.00 bits per heavy atom. The van der Waals surface area contributed by atoms with Gasteiger partial charge in [-0.15, -0.1) is 0 Å². The molecule has 1 saturated carbocycles. The number of carbonyl (C=O) groups is 2. The van der Waals surface area contributed by atoms with Gasteiger partial charge in [-0.1, -0.05) is 60.7 Å². The number of amides is 1. The van der Waals surface area contributed by atoms with Crippen LogP contribution in [0, 0.1) is 0 Å². The smallest absolute Gasteiger partial charge is 0.220 e. The van der Waals surface area contributed by atoms with Crippen molar-refractivity contribution in [3.63, 3.8) is 0 Å². The fraction of sp³-hybridized carbons (Fsp3) is 0.333. The SMILES string of the molecule is CC(=O)N(Cc1ccccc1)C1CC(=O)CC1OCc1ccccc1. The lowest BCUT2D eigenvalue weighted by atomic mass is 10.1. The summed E-state index contributed by atoms with van der Waals surface area (Å²) in [6.07, 6.45) is 0.488. The molecule has 3 rings (SSSR count). The van der Waals surface area contributed by atoms with Crippen LogP contribution in [0.2, 0.25) is 0 Å². The fourth-order valence-electron chi connectivity index (χ4n) is 3.31. The molecule has 0 radical (unpaired) electrons. The molecule has 4 nitrogen and oxygen atoms in total. The summed E-state index contributed by atoms with van der Waals surface area (Å²) in [5, 5.41) is 0. The van der Waals surface area contributed by atoms with E-state index in [0.29, 0.717) is 26.0 Å². The molecule has 2 aromatic rings. The van der Waals surface area contributed by atoms with Crippen LogP contribution in [0.15, 0.2) is 60.7 Å². The Morgan fingerprint density at radius 2 is 1.60 bits per heavy atom. The maximum Gasteiger partial charge on any atom is 0.220 e. The highest BCUT2D eigenvalue weighted by Crippen LogP contribution is 2.27. The van der Waals surface area contributed by atoms with Gasteiger partial charge in [0.2, 0.25) is 5.91 Å². The van der Waals surface area contributed by atoms with Gasteiger partial charge in [-0.3, -0.25) is 9.59 Å². The summed E-state index contributed by atoms with van der Waals surface area (Å²) in [5.74, 6) is 0.124. The van der Waals surface area contributed by atoms with Crippen molar-refractivity contribution >= 4 is 11.7 Å². The standard InChI is InChI=1S/C21H23NO3/c1-16(23)22(14-17-8-4-2-5-9-17)20-12-19(24)13-21(20)25-15-18-10-6-3-7-11-18/h2-11,20-21H,12-15H2,1H3. The second-order valence-corrected chi connectivity index (χ2v) is 6.48. The minimum Gasteiger partial charge on any atom is -0.371 e. The Bertz CT molecular complexity index is 714. The summed E-state index contributed by atoms with van der Waals surface area (Å²) in [7, 11) is 0. The Hall–Kier alpha value is -2.46. The highest BCUT2D eigenvalue weighted by atomic mass is 16.5. The number of rotatable bonds is 6. The van der Waals surface area contributed by atoms with Crippen LogP contribution < -0.4 is 0 Å². The molecule has 1 aliphatic carbocycles. The van der Waals surface area contributed by atoms with Gasteiger partial charge in [0, 0.05) is 26.3 Å².